The van der Waals surface area contributed by atoms with Crippen LogP contribution in [0.4, 0.5) is 0 Å². The van der Waals surface area contributed by atoms with Crippen LogP contribution in [0.3, 0.4) is 0 Å². The van der Waals surface area contributed by atoms with E-state index in [0.717, 1.165) is 25.9 Å². The lowest BCUT2D eigenvalue weighted by Crippen LogP contribution is -2.40. The van der Waals surface area contributed by atoms with Crippen LogP contribution in [0, 0.1) is 0 Å². The second-order valence-electron chi connectivity index (χ2n) is 4.57. The third-order valence-electron chi connectivity index (χ3n) is 3.28. The van der Waals surface area contributed by atoms with Crippen molar-refractivity contribution in [2.75, 3.05) is 13.1 Å². The minimum atomic E-state index is -0.622. The van der Waals surface area contributed by atoms with E-state index in [9.17, 15) is 9.90 Å². The number of Topliss-reactive ketones (excluding diaryl/α,β-unsaturated/α-hetero) is 1. The SMILES string of the molecule is O=C(CC(O)N1CCCCC1)c1ccccc1. The Hall–Kier alpha value is -1.19. The molecule has 1 unspecified atom stereocenters. The highest BCUT2D eigenvalue weighted by Crippen LogP contribution is 2.14. The van der Waals surface area contributed by atoms with Crippen LogP contribution in [-0.4, -0.2) is 35.1 Å². The highest BCUT2D eigenvalue weighted by atomic mass is 16.3. The van der Waals surface area contributed by atoms with Gasteiger partial charge < -0.3 is 5.11 Å². The molecule has 2 rings (SSSR count). The summed E-state index contributed by atoms with van der Waals surface area (Å²) < 4.78 is 0. The van der Waals surface area contributed by atoms with Crippen LogP contribution in [0.2, 0.25) is 0 Å². The standard InChI is InChI=1S/C14H19NO2/c16-13(12-7-3-1-4-8-12)11-14(17)15-9-5-2-6-10-15/h1,3-4,7-8,14,17H,2,5-6,9-11H2. The van der Waals surface area contributed by atoms with Crippen LogP contribution >= 0.6 is 0 Å². The Bertz CT molecular complexity index is 358. The predicted octanol–water partition coefficient (Wildman–Crippen LogP) is 2.06. The third-order valence-corrected chi connectivity index (χ3v) is 3.28. The number of aliphatic hydroxyl groups excluding tert-OH is 1. The van der Waals surface area contributed by atoms with Gasteiger partial charge in [0.05, 0.1) is 6.42 Å². The van der Waals surface area contributed by atoms with Gasteiger partial charge in [0.1, 0.15) is 6.23 Å². The number of benzene rings is 1. The predicted molar refractivity (Wildman–Crippen MR) is 66.8 cm³/mol. The molecule has 1 aliphatic rings. The lowest BCUT2D eigenvalue weighted by Gasteiger charge is -2.30. The first kappa shape index (κ1) is 12.3. The van der Waals surface area contributed by atoms with Gasteiger partial charge in [0, 0.05) is 18.7 Å². The molecule has 0 radical (unpaired) electrons. The third kappa shape index (κ3) is 3.38. The number of rotatable bonds is 4. The Balaban J connectivity index is 1.89. The molecule has 0 saturated carbocycles. The number of hydrogen-bond donors (Lipinski definition) is 1. The van der Waals surface area contributed by atoms with Crippen LogP contribution in [0.15, 0.2) is 30.3 Å². The van der Waals surface area contributed by atoms with Crippen LogP contribution < -0.4 is 0 Å². The Kier molecular flexibility index (Phi) is 4.29. The fraction of sp³-hybridized carbons (Fsp3) is 0.500. The molecule has 1 aliphatic heterocycles. The van der Waals surface area contributed by atoms with Gasteiger partial charge >= 0.3 is 0 Å². The van der Waals surface area contributed by atoms with Crippen molar-refractivity contribution >= 4 is 5.78 Å². The number of aliphatic hydroxyl groups is 1. The summed E-state index contributed by atoms with van der Waals surface area (Å²) in [6, 6.07) is 9.18. The van der Waals surface area contributed by atoms with Crippen molar-refractivity contribution < 1.29 is 9.90 Å². The summed E-state index contributed by atoms with van der Waals surface area (Å²) in [6.07, 6.45) is 3.05. The number of likely N-dealkylation sites (tertiary alicyclic amines) is 1. The van der Waals surface area contributed by atoms with Crippen LogP contribution in [-0.2, 0) is 0 Å². The molecule has 0 spiro atoms. The molecule has 1 aromatic carbocycles. The summed E-state index contributed by atoms with van der Waals surface area (Å²) in [5.41, 5.74) is 0.684. The zero-order chi connectivity index (χ0) is 12.1. The van der Waals surface area contributed by atoms with E-state index in [2.05, 4.69) is 0 Å². The molecule has 1 aromatic rings. The maximum atomic E-state index is 11.9. The van der Waals surface area contributed by atoms with Gasteiger partial charge in [-0.05, 0) is 12.8 Å². The van der Waals surface area contributed by atoms with E-state index in [1.165, 1.54) is 6.42 Å². The van der Waals surface area contributed by atoms with Gasteiger partial charge in [-0.3, -0.25) is 9.69 Å². The molecule has 0 aromatic heterocycles. The van der Waals surface area contributed by atoms with Gasteiger partial charge in [-0.15, -0.1) is 0 Å². The normalized spacial score (nSPS) is 18.9. The van der Waals surface area contributed by atoms with Crippen molar-refractivity contribution in [1.82, 2.24) is 4.90 Å². The van der Waals surface area contributed by atoms with Crippen molar-refractivity contribution in [3.63, 3.8) is 0 Å². The number of ketones is 1. The Labute approximate surface area is 102 Å². The fourth-order valence-corrected chi connectivity index (χ4v) is 2.25. The van der Waals surface area contributed by atoms with E-state index < -0.39 is 6.23 Å². The first-order valence-corrected chi connectivity index (χ1v) is 6.28. The summed E-state index contributed by atoms with van der Waals surface area (Å²) in [7, 11) is 0. The Morgan fingerprint density at radius 1 is 1.18 bits per heavy atom. The Morgan fingerprint density at radius 3 is 2.47 bits per heavy atom. The average molecular weight is 233 g/mol. The van der Waals surface area contributed by atoms with Crippen molar-refractivity contribution in [1.29, 1.82) is 0 Å². The molecular formula is C14H19NO2. The molecule has 1 atom stereocenters. The van der Waals surface area contributed by atoms with Crippen LogP contribution in [0.5, 0.6) is 0 Å². The molecular weight excluding hydrogens is 214 g/mol. The summed E-state index contributed by atoms with van der Waals surface area (Å²) in [5.74, 6) is 0.0173. The number of carbonyl (C=O) groups excluding carboxylic acids is 1. The zero-order valence-corrected chi connectivity index (χ0v) is 10.0. The number of piperidine rings is 1. The van der Waals surface area contributed by atoms with Gasteiger partial charge in [0.15, 0.2) is 5.78 Å². The van der Waals surface area contributed by atoms with Crippen LogP contribution in [0.25, 0.3) is 0 Å². The van der Waals surface area contributed by atoms with E-state index >= 15 is 0 Å². The van der Waals surface area contributed by atoms with Gasteiger partial charge in [-0.2, -0.15) is 0 Å². The van der Waals surface area contributed by atoms with Crippen molar-refractivity contribution in [3.8, 4) is 0 Å². The smallest absolute Gasteiger partial charge is 0.166 e. The van der Waals surface area contributed by atoms with Crippen molar-refractivity contribution in [3.05, 3.63) is 35.9 Å². The van der Waals surface area contributed by atoms with Gasteiger partial charge in [-0.1, -0.05) is 36.8 Å². The lowest BCUT2D eigenvalue weighted by molar-refractivity contribution is -0.00944. The van der Waals surface area contributed by atoms with Gasteiger partial charge in [-0.25, -0.2) is 0 Å². The quantitative estimate of drug-likeness (QED) is 0.809. The highest BCUT2D eigenvalue weighted by Gasteiger charge is 2.21. The molecule has 3 heteroatoms. The summed E-state index contributed by atoms with van der Waals surface area (Å²) >= 11 is 0. The van der Waals surface area contributed by atoms with Crippen molar-refractivity contribution in [2.24, 2.45) is 0 Å². The number of hydrogen-bond acceptors (Lipinski definition) is 3. The molecule has 0 amide bonds. The monoisotopic (exact) mass is 233 g/mol. The summed E-state index contributed by atoms with van der Waals surface area (Å²) in [5, 5.41) is 10.0. The molecule has 92 valence electrons. The average Bonchev–Trinajstić information content (AvgIpc) is 2.40. The maximum absolute atomic E-state index is 11.9. The second kappa shape index (κ2) is 5.94. The molecule has 1 saturated heterocycles. The maximum Gasteiger partial charge on any atom is 0.166 e. The molecule has 0 aliphatic carbocycles. The summed E-state index contributed by atoms with van der Waals surface area (Å²) in [4.78, 5) is 13.9. The second-order valence-corrected chi connectivity index (χ2v) is 4.57. The fourth-order valence-electron chi connectivity index (χ4n) is 2.25. The first-order valence-electron chi connectivity index (χ1n) is 6.28. The van der Waals surface area contributed by atoms with Crippen LogP contribution in [0.1, 0.15) is 36.0 Å². The summed E-state index contributed by atoms with van der Waals surface area (Å²) in [6.45, 7) is 1.81. The highest BCUT2D eigenvalue weighted by molar-refractivity contribution is 5.96. The lowest BCUT2D eigenvalue weighted by atomic mass is 10.1. The zero-order valence-electron chi connectivity index (χ0n) is 10.0. The molecule has 0 bridgehead atoms. The van der Waals surface area contributed by atoms with Gasteiger partial charge in [0.25, 0.3) is 0 Å². The number of nitrogens with zero attached hydrogens (tertiary/aromatic N) is 1. The first-order chi connectivity index (χ1) is 8.27. The van der Waals surface area contributed by atoms with E-state index in [1.807, 2.05) is 23.1 Å². The minimum Gasteiger partial charge on any atom is -0.378 e. The molecule has 1 heterocycles. The number of carbonyl (C=O) groups is 1. The van der Waals surface area contributed by atoms with Crippen molar-refractivity contribution in [2.45, 2.75) is 31.9 Å². The Morgan fingerprint density at radius 2 is 1.82 bits per heavy atom. The molecule has 1 N–H and O–H groups in total. The minimum absolute atomic E-state index is 0.0173. The molecule has 3 nitrogen and oxygen atoms in total. The molecule has 17 heavy (non-hydrogen) atoms. The topological polar surface area (TPSA) is 40.5 Å². The van der Waals surface area contributed by atoms with E-state index in [0.29, 0.717) is 5.56 Å². The van der Waals surface area contributed by atoms with Gasteiger partial charge in [0.2, 0.25) is 0 Å². The molecule has 1 fully saturated rings. The largest absolute Gasteiger partial charge is 0.378 e. The van der Waals surface area contributed by atoms with E-state index in [1.54, 1.807) is 12.1 Å². The van der Waals surface area contributed by atoms with E-state index in [4.69, 9.17) is 0 Å². The van der Waals surface area contributed by atoms with E-state index in [-0.39, 0.29) is 12.2 Å².